The highest BCUT2D eigenvalue weighted by Gasteiger charge is 2.22. The summed E-state index contributed by atoms with van der Waals surface area (Å²) in [4.78, 5) is 32.0. The van der Waals surface area contributed by atoms with Crippen LogP contribution in [0.15, 0.2) is 71.5 Å². The van der Waals surface area contributed by atoms with Gasteiger partial charge in [-0.3, -0.25) is 19.7 Å². The van der Waals surface area contributed by atoms with E-state index in [9.17, 15) is 15.2 Å². The van der Waals surface area contributed by atoms with Crippen molar-refractivity contribution in [2.45, 2.75) is 26.0 Å². The number of hydrogen-bond donors (Lipinski definition) is 2. The van der Waals surface area contributed by atoms with Gasteiger partial charge in [0.2, 0.25) is 5.89 Å². The summed E-state index contributed by atoms with van der Waals surface area (Å²) in [6, 6.07) is 16.7. The molecule has 1 saturated heterocycles. The van der Waals surface area contributed by atoms with Gasteiger partial charge < -0.3 is 14.8 Å². The highest BCUT2D eigenvalue weighted by atomic mass is 35.5. The highest BCUT2D eigenvalue weighted by Crippen LogP contribution is 2.39. The Labute approximate surface area is 263 Å². The quantitative estimate of drug-likeness (QED) is 0.192. The van der Waals surface area contributed by atoms with Crippen molar-refractivity contribution >= 4 is 51.4 Å². The molecular formula is C34H26ClN7O3. The number of carbonyl (C=O) groups is 1. The van der Waals surface area contributed by atoms with Gasteiger partial charge >= 0.3 is 0 Å². The van der Waals surface area contributed by atoms with Crippen molar-refractivity contribution in [2.75, 3.05) is 18.4 Å². The Kier molecular flexibility index (Phi) is 7.43. The van der Waals surface area contributed by atoms with Gasteiger partial charge in [0.1, 0.15) is 23.4 Å². The number of hydrogen-bond acceptors (Lipinski definition) is 10. The molecule has 0 spiro atoms. The van der Waals surface area contributed by atoms with Crippen molar-refractivity contribution in [3.8, 4) is 28.8 Å². The van der Waals surface area contributed by atoms with Crippen molar-refractivity contribution in [1.29, 1.82) is 5.26 Å². The Bertz CT molecular complexity index is 2160. The number of nitrogens with one attached hydrogen (secondary N) is 1. The number of fused-ring (bicyclic) bond motifs is 2. The second-order valence-electron chi connectivity index (χ2n) is 11.0. The molecule has 0 radical (unpaired) electrons. The molecular weight excluding hydrogens is 590 g/mol. The molecule has 0 amide bonds. The van der Waals surface area contributed by atoms with Gasteiger partial charge in [-0.2, -0.15) is 5.26 Å². The molecule has 4 aromatic heterocycles. The first-order chi connectivity index (χ1) is 21.9. The van der Waals surface area contributed by atoms with E-state index in [0.29, 0.717) is 46.0 Å². The molecule has 0 bridgehead atoms. The molecule has 45 heavy (non-hydrogen) atoms. The van der Waals surface area contributed by atoms with Gasteiger partial charge in [0.15, 0.2) is 11.4 Å². The topological polar surface area (TPSA) is 141 Å². The van der Waals surface area contributed by atoms with E-state index >= 15 is 0 Å². The Morgan fingerprint density at radius 2 is 2.02 bits per heavy atom. The molecule has 1 aliphatic heterocycles. The number of pyridine rings is 3. The van der Waals surface area contributed by atoms with Crippen LogP contribution in [0.2, 0.25) is 5.02 Å². The SMILES string of the molecule is Cc1c(Nc2nccc3cc(CN4CCC(O)C4)cnc23)cccc1-c1nccc(-c2nc3cc(C=O)cc(C#N)c3o2)c1Cl. The molecule has 1 atom stereocenters. The minimum Gasteiger partial charge on any atom is -0.435 e. The monoisotopic (exact) mass is 615 g/mol. The third kappa shape index (κ3) is 5.38. The first-order valence-electron chi connectivity index (χ1n) is 14.4. The lowest BCUT2D eigenvalue weighted by molar-refractivity contribution is 0.112. The number of carbonyl (C=O) groups excluding carboxylic acids is 1. The molecule has 10 nitrogen and oxygen atoms in total. The zero-order valence-corrected chi connectivity index (χ0v) is 24.9. The fraction of sp³-hybridized carbons (Fsp3) is 0.176. The van der Waals surface area contributed by atoms with Gasteiger partial charge in [0.05, 0.1) is 27.9 Å². The van der Waals surface area contributed by atoms with Gasteiger partial charge in [-0.15, -0.1) is 0 Å². The van der Waals surface area contributed by atoms with E-state index in [4.69, 9.17) is 21.0 Å². The van der Waals surface area contributed by atoms with Crippen LogP contribution >= 0.6 is 11.6 Å². The van der Waals surface area contributed by atoms with E-state index in [1.54, 1.807) is 24.5 Å². The number of β-amino-alcohol motifs (C(OH)–C–C–N with tert-alkyl or cyclic N) is 1. The van der Waals surface area contributed by atoms with Crippen molar-refractivity contribution < 1.29 is 14.3 Å². The number of anilines is 2. The van der Waals surface area contributed by atoms with Crippen molar-refractivity contribution in [3.05, 3.63) is 94.4 Å². The third-order valence-corrected chi connectivity index (χ3v) is 8.42. The summed E-state index contributed by atoms with van der Waals surface area (Å²) < 4.78 is 5.97. The van der Waals surface area contributed by atoms with E-state index in [0.717, 1.165) is 52.8 Å². The lowest BCUT2D eigenvalue weighted by atomic mass is 10.0. The summed E-state index contributed by atoms with van der Waals surface area (Å²) in [7, 11) is 0. The number of likely N-dealkylation sites (tertiary alicyclic amines) is 1. The van der Waals surface area contributed by atoms with Crippen molar-refractivity contribution in [3.63, 3.8) is 0 Å². The Morgan fingerprint density at radius 1 is 1.16 bits per heavy atom. The van der Waals surface area contributed by atoms with Crippen LogP contribution in [0.25, 0.3) is 44.7 Å². The largest absolute Gasteiger partial charge is 0.435 e. The predicted molar refractivity (Wildman–Crippen MR) is 171 cm³/mol. The predicted octanol–water partition coefficient (Wildman–Crippen LogP) is 6.46. The van der Waals surface area contributed by atoms with Crippen LogP contribution in [0.4, 0.5) is 11.5 Å². The summed E-state index contributed by atoms with van der Waals surface area (Å²) in [5, 5.41) is 24.2. The zero-order valence-electron chi connectivity index (χ0n) is 24.2. The number of aliphatic hydroxyl groups is 1. The molecule has 1 aliphatic rings. The number of nitriles is 1. The fourth-order valence-corrected chi connectivity index (χ4v) is 6.06. The summed E-state index contributed by atoms with van der Waals surface area (Å²) in [5.74, 6) is 0.842. The Balaban J connectivity index is 1.21. The van der Waals surface area contributed by atoms with Crippen LogP contribution in [0.3, 0.4) is 0 Å². The molecule has 6 aromatic rings. The molecule has 0 saturated carbocycles. The Morgan fingerprint density at radius 3 is 2.82 bits per heavy atom. The number of aldehydes is 1. The molecule has 1 fully saturated rings. The van der Waals surface area contributed by atoms with Gasteiger partial charge in [-0.1, -0.05) is 23.7 Å². The lowest BCUT2D eigenvalue weighted by Gasteiger charge is -2.16. The maximum atomic E-state index is 11.4. The van der Waals surface area contributed by atoms with E-state index in [-0.39, 0.29) is 23.1 Å². The second-order valence-corrected chi connectivity index (χ2v) is 11.4. The van der Waals surface area contributed by atoms with Gasteiger partial charge in [-0.25, -0.2) is 9.97 Å². The maximum Gasteiger partial charge on any atom is 0.229 e. The standard InChI is InChI=1S/C34H26ClN7O3/c1-19-25(31-29(35)26(6-9-37-31)34-41-28-13-20(18-43)11-23(14-36)32(28)45-34)3-2-4-27(19)40-33-30-22(5-8-38-33)12-21(15-39-30)16-42-10-7-24(44)17-42/h2-6,8-9,11-13,15,18,24,44H,7,10,16-17H2,1H3,(H,38,40). The van der Waals surface area contributed by atoms with Gasteiger partial charge in [0, 0.05) is 60.4 Å². The Hall–Kier alpha value is -5.21. The molecule has 2 aromatic carbocycles. The minimum atomic E-state index is -0.262. The smallest absolute Gasteiger partial charge is 0.229 e. The fourth-order valence-electron chi connectivity index (χ4n) is 5.77. The number of aromatic nitrogens is 4. The molecule has 1 unspecified atom stereocenters. The van der Waals surface area contributed by atoms with Crippen molar-refractivity contribution in [1.82, 2.24) is 24.8 Å². The molecule has 7 rings (SSSR count). The van der Waals surface area contributed by atoms with Gasteiger partial charge in [-0.05, 0) is 60.9 Å². The van der Waals surface area contributed by atoms with Crippen LogP contribution in [-0.4, -0.2) is 55.4 Å². The number of rotatable bonds is 7. The first kappa shape index (κ1) is 28.6. The van der Waals surface area contributed by atoms with Crippen LogP contribution < -0.4 is 5.32 Å². The lowest BCUT2D eigenvalue weighted by Crippen LogP contribution is -2.21. The van der Waals surface area contributed by atoms with Crippen LogP contribution in [-0.2, 0) is 6.54 Å². The third-order valence-electron chi connectivity index (χ3n) is 8.04. The van der Waals surface area contributed by atoms with E-state index in [1.165, 1.54) is 6.07 Å². The van der Waals surface area contributed by atoms with E-state index < -0.39 is 0 Å². The van der Waals surface area contributed by atoms with Crippen molar-refractivity contribution in [2.24, 2.45) is 0 Å². The second kappa shape index (κ2) is 11.7. The summed E-state index contributed by atoms with van der Waals surface area (Å²) in [6.45, 7) is 4.27. The van der Waals surface area contributed by atoms with Crippen LogP contribution in [0, 0.1) is 18.3 Å². The van der Waals surface area contributed by atoms with Gasteiger partial charge in [0.25, 0.3) is 0 Å². The molecule has 5 heterocycles. The molecule has 2 N–H and O–H groups in total. The zero-order chi connectivity index (χ0) is 31.1. The van der Waals surface area contributed by atoms with Crippen LogP contribution in [0.1, 0.15) is 33.5 Å². The average Bonchev–Trinajstić information content (AvgIpc) is 3.67. The molecule has 222 valence electrons. The number of oxazole rings is 1. The molecule has 11 heteroatoms. The summed E-state index contributed by atoms with van der Waals surface area (Å²) in [6.07, 6.45) is 6.45. The van der Waals surface area contributed by atoms with E-state index in [1.807, 2.05) is 37.4 Å². The highest BCUT2D eigenvalue weighted by molar-refractivity contribution is 6.35. The first-order valence-corrected chi connectivity index (χ1v) is 14.8. The number of benzene rings is 2. The maximum absolute atomic E-state index is 11.4. The average molecular weight is 616 g/mol. The number of aliphatic hydroxyl groups excluding tert-OH is 1. The molecule has 0 aliphatic carbocycles. The normalized spacial score (nSPS) is 15.0. The summed E-state index contributed by atoms with van der Waals surface area (Å²) >= 11 is 6.94. The summed E-state index contributed by atoms with van der Waals surface area (Å²) in [5.41, 5.74) is 6.60. The van der Waals surface area contributed by atoms with Crippen LogP contribution in [0.5, 0.6) is 0 Å². The number of nitrogens with zero attached hydrogens (tertiary/aromatic N) is 6. The number of halogens is 1. The minimum absolute atomic E-state index is 0.215. The van der Waals surface area contributed by atoms with E-state index in [2.05, 4.69) is 37.3 Å².